The number of fused-ring (bicyclic) bond motifs is 2. The lowest BCUT2D eigenvalue weighted by atomic mass is 9.80. The van der Waals surface area contributed by atoms with E-state index in [9.17, 15) is 0 Å². The van der Waals surface area contributed by atoms with Gasteiger partial charge in [-0.15, -0.1) is 0 Å². The SMILES string of the molecule is CC(C)(Cc1ccc(CC(C)(C)c2cnc3ccccc3n2)cc1)c1cnc2ccccc2n1. The number of benzene rings is 3. The van der Waals surface area contributed by atoms with Crippen LogP contribution in [0.4, 0.5) is 0 Å². The van der Waals surface area contributed by atoms with Crippen molar-refractivity contribution in [1.82, 2.24) is 19.9 Å². The largest absolute Gasteiger partial charge is 0.253 e. The van der Waals surface area contributed by atoms with Crippen molar-refractivity contribution in [1.29, 1.82) is 0 Å². The van der Waals surface area contributed by atoms with E-state index >= 15 is 0 Å². The second-order valence-corrected chi connectivity index (χ2v) is 10.4. The molecule has 0 unspecified atom stereocenters. The molecule has 4 nitrogen and oxygen atoms in total. The lowest BCUT2D eigenvalue weighted by Crippen LogP contribution is -2.23. The average Bonchev–Trinajstić information content (AvgIpc) is 2.84. The third-order valence-electron chi connectivity index (χ3n) is 6.60. The van der Waals surface area contributed by atoms with Gasteiger partial charge in [-0.3, -0.25) is 9.97 Å². The van der Waals surface area contributed by atoms with Crippen molar-refractivity contribution in [2.45, 2.75) is 51.4 Å². The molecule has 5 aromatic rings. The summed E-state index contributed by atoms with van der Waals surface area (Å²) in [5.74, 6) is 0. The molecule has 0 aliphatic heterocycles. The third kappa shape index (κ3) is 4.54. The summed E-state index contributed by atoms with van der Waals surface area (Å²) in [5, 5.41) is 0. The van der Waals surface area contributed by atoms with Gasteiger partial charge in [0.2, 0.25) is 0 Å². The van der Waals surface area contributed by atoms with Crippen LogP contribution in [0.1, 0.15) is 50.2 Å². The van der Waals surface area contributed by atoms with Gasteiger partial charge in [0.15, 0.2) is 0 Å². The van der Waals surface area contributed by atoms with Gasteiger partial charge in [0, 0.05) is 23.2 Å². The lowest BCUT2D eigenvalue weighted by molar-refractivity contribution is 0.501. The molecule has 3 aromatic carbocycles. The highest BCUT2D eigenvalue weighted by Crippen LogP contribution is 2.29. The van der Waals surface area contributed by atoms with Gasteiger partial charge in [-0.2, -0.15) is 0 Å². The van der Waals surface area contributed by atoms with E-state index in [0.29, 0.717) is 0 Å². The predicted octanol–water partition coefficient (Wildman–Crippen LogP) is 6.61. The van der Waals surface area contributed by atoms with Crippen LogP contribution in [0.2, 0.25) is 0 Å². The lowest BCUT2D eigenvalue weighted by Gasteiger charge is -2.26. The zero-order valence-corrected chi connectivity index (χ0v) is 20.3. The normalized spacial score (nSPS) is 12.4. The van der Waals surface area contributed by atoms with Crippen LogP contribution in [0.15, 0.2) is 85.2 Å². The van der Waals surface area contributed by atoms with E-state index in [2.05, 4.69) is 61.9 Å². The standard InChI is InChI=1S/C30H30N4/c1-29(2,27-19-31-23-9-5-7-11-25(23)33-27)17-21-13-15-22(16-14-21)18-30(3,4)28-20-32-24-10-6-8-12-26(24)34-28/h5-16,19-20H,17-18H2,1-4H3. The molecule has 170 valence electrons. The molecule has 34 heavy (non-hydrogen) atoms. The van der Waals surface area contributed by atoms with Crippen molar-refractivity contribution >= 4 is 22.1 Å². The molecule has 0 radical (unpaired) electrons. The first kappa shape index (κ1) is 22.1. The average molecular weight is 447 g/mol. The fourth-order valence-electron chi connectivity index (χ4n) is 4.54. The Morgan fingerprint density at radius 1 is 0.500 bits per heavy atom. The number of para-hydroxylation sites is 4. The van der Waals surface area contributed by atoms with Gasteiger partial charge in [0.05, 0.1) is 33.5 Å². The predicted molar refractivity (Wildman–Crippen MR) is 139 cm³/mol. The van der Waals surface area contributed by atoms with Crippen LogP contribution in [0.3, 0.4) is 0 Å². The van der Waals surface area contributed by atoms with Gasteiger partial charge < -0.3 is 0 Å². The van der Waals surface area contributed by atoms with E-state index in [-0.39, 0.29) is 10.8 Å². The molecule has 0 spiro atoms. The highest BCUT2D eigenvalue weighted by Gasteiger charge is 2.25. The monoisotopic (exact) mass is 446 g/mol. The van der Waals surface area contributed by atoms with E-state index in [1.807, 2.05) is 60.9 Å². The minimum absolute atomic E-state index is 0.113. The maximum Gasteiger partial charge on any atom is 0.0890 e. The third-order valence-corrected chi connectivity index (χ3v) is 6.60. The minimum atomic E-state index is -0.113. The maximum absolute atomic E-state index is 4.89. The van der Waals surface area contributed by atoms with E-state index in [1.165, 1.54) is 11.1 Å². The molecule has 0 saturated carbocycles. The molecule has 0 saturated heterocycles. The van der Waals surface area contributed by atoms with Gasteiger partial charge in [-0.25, -0.2) is 9.97 Å². The van der Waals surface area contributed by atoms with Crippen molar-refractivity contribution in [2.75, 3.05) is 0 Å². The summed E-state index contributed by atoms with van der Waals surface area (Å²) in [7, 11) is 0. The van der Waals surface area contributed by atoms with Crippen LogP contribution >= 0.6 is 0 Å². The van der Waals surface area contributed by atoms with Crippen molar-refractivity contribution in [3.63, 3.8) is 0 Å². The van der Waals surface area contributed by atoms with Gasteiger partial charge in [-0.05, 0) is 48.2 Å². The molecular weight excluding hydrogens is 416 g/mol. The first-order valence-electron chi connectivity index (χ1n) is 11.8. The van der Waals surface area contributed by atoms with E-state index in [1.54, 1.807) is 0 Å². The molecule has 5 rings (SSSR count). The van der Waals surface area contributed by atoms with Crippen LogP contribution in [0.5, 0.6) is 0 Å². The number of hydrogen-bond donors (Lipinski definition) is 0. The van der Waals surface area contributed by atoms with Gasteiger partial charge in [0.25, 0.3) is 0 Å². The quantitative estimate of drug-likeness (QED) is 0.294. The van der Waals surface area contributed by atoms with Crippen molar-refractivity contribution in [3.8, 4) is 0 Å². The van der Waals surface area contributed by atoms with Crippen LogP contribution in [0, 0.1) is 0 Å². The molecule has 0 amide bonds. The van der Waals surface area contributed by atoms with Crippen LogP contribution in [0.25, 0.3) is 22.1 Å². The minimum Gasteiger partial charge on any atom is -0.253 e. The summed E-state index contributed by atoms with van der Waals surface area (Å²) < 4.78 is 0. The smallest absolute Gasteiger partial charge is 0.0890 e. The fraction of sp³-hybridized carbons (Fsp3) is 0.267. The van der Waals surface area contributed by atoms with Crippen molar-refractivity contribution < 1.29 is 0 Å². The highest BCUT2D eigenvalue weighted by molar-refractivity contribution is 5.74. The van der Waals surface area contributed by atoms with Crippen LogP contribution in [-0.4, -0.2) is 19.9 Å². The zero-order chi connectivity index (χ0) is 23.8. The van der Waals surface area contributed by atoms with E-state index < -0.39 is 0 Å². The number of nitrogens with zero attached hydrogens (tertiary/aromatic N) is 4. The van der Waals surface area contributed by atoms with Gasteiger partial charge >= 0.3 is 0 Å². The first-order valence-corrected chi connectivity index (χ1v) is 11.8. The Hall–Kier alpha value is -3.66. The van der Waals surface area contributed by atoms with Crippen molar-refractivity contribution in [3.05, 3.63) is 108 Å². The summed E-state index contributed by atoms with van der Waals surface area (Å²) in [6, 6.07) is 25.1. The van der Waals surface area contributed by atoms with Crippen molar-refractivity contribution in [2.24, 2.45) is 0 Å². The Morgan fingerprint density at radius 2 is 0.853 bits per heavy atom. The Morgan fingerprint density at radius 3 is 1.24 bits per heavy atom. The molecule has 4 heteroatoms. The number of hydrogen-bond acceptors (Lipinski definition) is 4. The molecule has 2 aromatic heterocycles. The van der Waals surface area contributed by atoms with E-state index in [0.717, 1.165) is 46.3 Å². The molecule has 0 bridgehead atoms. The number of rotatable bonds is 6. The number of aromatic nitrogens is 4. The Kier molecular flexibility index (Phi) is 5.60. The van der Waals surface area contributed by atoms with Crippen LogP contribution in [-0.2, 0) is 23.7 Å². The van der Waals surface area contributed by atoms with E-state index in [4.69, 9.17) is 9.97 Å². The first-order chi connectivity index (χ1) is 16.3. The molecule has 2 heterocycles. The summed E-state index contributed by atoms with van der Waals surface area (Å²) in [6.07, 6.45) is 5.65. The fourth-order valence-corrected chi connectivity index (χ4v) is 4.54. The second kappa shape index (κ2) is 8.60. The molecular formula is C30H30N4. The topological polar surface area (TPSA) is 51.6 Å². The maximum atomic E-state index is 4.89. The molecule has 0 atom stereocenters. The van der Waals surface area contributed by atoms with Gasteiger partial charge in [0.1, 0.15) is 0 Å². The Labute approximate surface area is 201 Å². The Balaban J connectivity index is 1.32. The van der Waals surface area contributed by atoms with Gasteiger partial charge in [-0.1, -0.05) is 76.2 Å². The summed E-state index contributed by atoms with van der Waals surface area (Å²) in [6.45, 7) is 8.95. The summed E-state index contributed by atoms with van der Waals surface area (Å²) in [4.78, 5) is 19.0. The molecule has 0 aliphatic carbocycles. The summed E-state index contributed by atoms with van der Waals surface area (Å²) >= 11 is 0. The molecule has 0 fully saturated rings. The summed E-state index contributed by atoms with van der Waals surface area (Å²) in [5.41, 5.74) is 8.17. The van der Waals surface area contributed by atoms with Crippen LogP contribution < -0.4 is 0 Å². The zero-order valence-electron chi connectivity index (χ0n) is 20.3. The highest BCUT2D eigenvalue weighted by atomic mass is 14.8. The Bertz CT molecular complexity index is 1340. The second-order valence-electron chi connectivity index (χ2n) is 10.4. The molecule has 0 aliphatic rings. The molecule has 0 N–H and O–H groups in total.